The molecule has 0 bridgehead atoms. The first-order valence-electron chi connectivity index (χ1n) is 7.23. The first-order valence-corrected chi connectivity index (χ1v) is 7.23. The van der Waals surface area contributed by atoms with Crippen molar-refractivity contribution in [1.82, 2.24) is 9.78 Å². The van der Waals surface area contributed by atoms with Crippen molar-refractivity contribution in [3.63, 3.8) is 0 Å². The minimum atomic E-state index is 0.210. The summed E-state index contributed by atoms with van der Waals surface area (Å²) < 4.78 is 7.80. The molecule has 0 unspecified atom stereocenters. The van der Waals surface area contributed by atoms with Crippen molar-refractivity contribution < 1.29 is 4.74 Å². The van der Waals surface area contributed by atoms with Crippen LogP contribution < -0.4 is 0 Å². The van der Waals surface area contributed by atoms with E-state index in [1.165, 1.54) is 24.1 Å². The van der Waals surface area contributed by atoms with E-state index >= 15 is 0 Å². The third-order valence-corrected chi connectivity index (χ3v) is 4.14. The molecule has 0 spiro atoms. The number of nitrogens with zero attached hydrogens (tertiary/aromatic N) is 2. The predicted octanol–water partition coefficient (Wildman–Crippen LogP) is 3.41. The van der Waals surface area contributed by atoms with E-state index in [1.54, 1.807) is 0 Å². The molecule has 0 N–H and O–H groups in total. The molecule has 1 saturated heterocycles. The first kappa shape index (κ1) is 12.2. The second-order valence-electron chi connectivity index (χ2n) is 6.76. The fourth-order valence-electron chi connectivity index (χ4n) is 2.93. The maximum Gasteiger partial charge on any atom is 0.0566 e. The van der Waals surface area contributed by atoms with E-state index in [9.17, 15) is 0 Å². The van der Waals surface area contributed by atoms with Crippen molar-refractivity contribution in [3.05, 3.63) is 17.5 Å². The average Bonchev–Trinajstić information content (AvgIpc) is 3.07. The van der Waals surface area contributed by atoms with Gasteiger partial charge in [-0.3, -0.25) is 4.68 Å². The molecule has 0 radical (unpaired) electrons. The molecule has 1 aliphatic carbocycles. The van der Waals surface area contributed by atoms with Gasteiger partial charge in [0, 0.05) is 24.8 Å². The van der Waals surface area contributed by atoms with Crippen LogP contribution in [0.2, 0.25) is 0 Å². The van der Waals surface area contributed by atoms with Gasteiger partial charge >= 0.3 is 0 Å². The Hall–Kier alpha value is -0.830. The summed E-state index contributed by atoms with van der Waals surface area (Å²) in [6.07, 6.45) is 7.04. The minimum absolute atomic E-state index is 0.210. The lowest BCUT2D eigenvalue weighted by atomic mass is 9.86. The quantitative estimate of drug-likeness (QED) is 0.802. The molecule has 1 saturated carbocycles. The van der Waals surface area contributed by atoms with Gasteiger partial charge in [-0.15, -0.1) is 0 Å². The van der Waals surface area contributed by atoms with Gasteiger partial charge in [-0.25, -0.2) is 0 Å². The van der Waals surface area contributed by atoms with E-state index in [2.05, 4.69) is 31.6 Å². The summed E-state index contributed by atoms with van der Waals surface area (Å²) in [5, 5.41) is 4.73. The van der Waals surface area contributed by atoms with Crippen molar-refractivity contribution in [2.45, 2.75) is 63.8 Å². The van der Waals surface area contributed by atoms with E-state index in [-0.39, 0.29) is 5.41 Å². The zero-order chi connectivity index (χ0) is 12.8. The molecule has 2 fully saturated rings. The van der Waals surface area contributed by atoms with Gasteiger partial charge in [0.1, 0.15) is 0 Å². The van der Waals surface area contributed by atoms with E-state index in [1.807, 2.05) is 0 Å². The van der Waals surface area contributed by atoms with Gasteiger partial charge in [0.25, 0.3) is 0 Å². The Labute approximate surface area is 110 Å². The smallest absolute Gasteiger partial charge is 0.0566 e. The molecule has 3 rings (SSSR count). The van der Waals surface area contributed by atoms with Crippen LogP contribution in [0.1, 0.15) is 69.7 Å². The van der Waals surface area contributed by atoms with Crippen molar-refractivity contribution in [2.75, 3.05) is 13.2 Å². The van der Waals surface area contributed by atoms with Crippen molar-refractivity contribution >= 4 is 0 Å². The number of aromatic nitrogens is 2. The maximum atomic E-state index is 5.47. The zero-order valence-corrected chi connectivity index (χ0v) is 11.8. The van der Waals surface area contributed by atoms with Crippen LogP contribution in [0.25, 0.3) is 0 Å². The van der Waals surface area contributed by atoms with Crippen molar-refractivity contribution in [2.24, 2.45) is 0 Å². The van der Waals surface area contributed by atoms with E-state index in [4.69, 9.17) is 9.84 Å². The van der Waals surface area contributed by atoms with Crippen LogP contribution in [-0.2, 0) is 10.2 Å². The fraction of sp³-hybridized carbons (Fsp3) is 0.800. The Bertz CT molecular complexity index is 420. The SMILES string of the molecule is CC(C)(C)c1cnn(C2CCOCC2)c1C1CC1. The second kappa shape index (κ2) is 4.37. The standard InChI is InChI=1S/C15H24N2O/c1-15(2,3)13-10-16-17(14(13)11-4-5-11)12-6-8-18-9-7-12/h10-12H,4-9H2,1-3H3. The average molecular weight is 248 g/mol. The lowest BCUT2D eigenvalue weighted by Gasteiger charge is -2.26. The minimum Gasteiger partial charge on any atom is -0.381 e. The number of hydrogen-bond acceptors (Lipinski definition) is 2. The molecule has 3 heteroatoms. The summed E-state index contributed by atoms with van der Waals surface area (Å²) in [5.41, 5.74) is 3.19. The van der Waals surface area contributed by atoms with Crippen LogP contribution in [0.3, 0.4) is 0 Å². The Morgan fingerprint density at radius 2 is 1.83 bits per heavy atom. The number of ether oxygens (including phenoxy) is 1. The molecule has 18 heavy (non-hydrogen) atoms. The highest BCUT2D eigenvalue weighted by molar-refractivity contribution is 5.32. The topological polar surface area (TPSA) is 27.1 Å². The summed E-state index contributed by atoms with van der Waals surface area (Å²) in [6, 6.07) is 0.561. The van der Waals surface area contributed by atoms with Crippen LogP contribution in [0.15, 0.2) is 6.20 Å². The van der Waals surface area contributed by atoms with Gasteiger partial charge < -0.3 is 4.74 Å². The first-order chi connectivity index (χ1) is 8.57. The van der Waals surface area contributed by atoms with Gasteiger partial charge in [0.2, 0.25) is 0 Å². The summed E-state index contributed by atoms with van der Waals surface area (Å²) in [7, 11) is 0. The second-order valence-corrected chi connectivity index (χ2v) is 6.76. The molecule has 0 atom stereocenters. The maximum absolute atomic E-state index is 5.47. The van der Waals surface area contributed by atoms with Gasteiger partial charge in [0.15, 0.2) is 0 Å². The van der Waals surface area contributed by atoms with Crippen molar-refractivity contribution in [3.8, 4) is 0 Å². The molecule has 0 aromatic carbocycles. The van der Waals surface area contributed by atoms with Crippen LogP contribution in [0.4, 0.5) is 0 Å². The molecule has 1 aliphatic heterocycles. The monoisotopic (exact) mass is 248 g/mol. The van der Waals surface area contributed by atoms with Crippen LogP contribution in [-0.4, -0.2) is 23.0 Å². The highest BCUT2D eigenvalue weighted by Gasteiger charge is 2.35. The number of rotatable bonds is 2. The molecule has 1 aromatic rings. The van der Waals surface area contributed by atoms with Gasteiger partial charge in [0.05, 0.1) is 12.2 Å². The molecule has 3 nitrogen and oxygen atoms in total. The van der Waals surface area contributed by atoms with Crippen LogP contribution >= 0.6 is 0 Å². The predicted molar refractivity (Wildman–Crippen MR) is 72.0 cm³/mol. The van der Waals surface area contributed by atoms with Gasteiger partial charge in [-0.2, -0.15) is 5.10 Å². The summed E-state index contributed by atoms with van der Waals surface area (Å²) in [6.45, 7) is 8.66. The number of hydrogen-bond donors (Lipinski definition) is 0. The molecule has 2 aliphatic rings. The third kappa shape index (κ3) is 2.20. The van der Waals surface area contributed by atoms with E-state index < -0.39 is 0 Å². The summed E-state index contributed by atoms with van der Waals surface area (Å²) in [5.74, 6) is 0.768. The Balaban J connectivity index is 1.96. The van der Waals surface area contributed by atoms with Gasteiger partial charge in [-0.05, 0) is 36.7 Å². The fourth-order valence-corrected chi connectivity index (χ4v) is 2.93. The highest BCUT2D eigenvalue weighted by atomic mass is 16.5. The normalized spacial score (nSPS) is 22.4. The van der Waals surface area contributed by atoms with Crippen molar-refractivity contribution in [1.29, 1.82) is 0 Å². The lowest BCUT2D eigenvalue weighted by Crippen LogP contribution is -2.23. The molecule has 100 valence electrons. The van der Waals surface area contributed by atoms with Crippen LogP contribution in [0.5, 0.6) is 0 Å². The van der Waals surface area contributed by atoms with E-state index in [0.29, 0.717) is 6.04 Å². The Kier molecular flexibility index (Phi) is 2.97. The van der Waals surface area contributed by atoms with E-state index in [0.717, 1.165) is 32.0 Å². The molecular weight excluding hydrogens is 224 g/mol. The third-order valence-electron chi connectivity index (χ3n) is 4.14. The molecule has 2 heterocycles. The van der Waals surface area contributed by atoms with Crippen LogP contribution in [0, 0.1) is 0 Å². The molecular formula is C15H24N2O. The zero-order valence-electron chi connectivity index (χ0n) is 11.8. The Morgan fingerprint density at radius 1 is 1.17 bits per heavy atom. The largest absolute Gasteiger partial charge is 0.381 e. The molecule has 1 aromatic heterocycles. The highest BCUT2D eigenvalue weighted by Crippen LogP contribution is 2.45. The summed E-state index contributed by atoms with van der Waals surface area (Å²) in [4.78, 5) is 0. The lowest BCUT2D eigenvalue weighted by molar-refractivity contribution is 0.0653. The Morgan fingerprint density at radius 3 is 2.39 bits per heavy atom. The summed E-state index contributed by atoms with van der Waals surface area (Å²) >= 11 is 0. The van der Waals surface area contributed by atoms with Gasteiger partial charge in [-0.1, -0.05) is 20.8 Å². The molecule has 0 amide bonds.